The molecule has 1 aliphatic heterocycles. The van der Waals surface area contributed by atoms with Gasteiger partial charge in [0.1, 0.15) is 18.0 Å². The number of hydrogen-bond acceptors (Lipinski definition) is 5. The highest BCUT2D eigenvalue weighted by Gasteiger charge is 2.31. The number of carbonyl (C=O) groups is 1. The minimum absolute atomic E-state index is 0.0583. The second-order valence-corrected chi connectivity index (χ2v) is 7.27. The van der Waals surface area contributed by atoms with Crippen molar-refractivity contribution >= 4 is 15.8 Å². The third-order valence-electron chi connectivity index (χ3n) is 3.63. The number of sulfone groups is 1. The number of ether oxygens (including phenoxy) is 1. The van der Waals surface area contributed by atoms with Gasteiger partial charge in [0.05, 0.1) is 11.5 Å². The molecule has 1 saturated heterocycles. The molecule has 0 aromatic heterocycles. The first-order valence-corrected chi connectivity index (χ1v) is 8.64. The average Bonchev–Trinajstić information content (AvgIpc) is 2.80. The van der Waals surface area contributed by atoms with E-state index in [-0.39, 0.29) is 29.8 Å². The van der Waals surface area contributed by atoms with Crippen LogP contribution >= 0.6 is 0 Å². The lowest BCUT2D eigenvalue weighted by Crippen LogP contribution is -2.38. The van der Waals surface area contributed by atoms with E-state index < -0.39 is 15.8 Å². The molecule has 0 saturated carbocycles. The smallest absolute Gasteiger partial charge is 0.339 e. The van der Waals surface area contributed by atoms with Crippen molar-refractivity contribution in [2.24, 2.45) is 0 Å². The molecule has 1 aromatic carbocycles. The highest BCUT2D eigenvalue weighted by molar-refractivity contribution is 7.91. The molecule has 0 spiro atoms. The maximum absolute atomic E-state index is 11.5. The summed E-state index contributed by atoms with van der Waals surface area (Å²) in [5.41, 5.74) is 0.104. The van der Waals surface area contributed by atoms with E-state index in [9.17, 15) is 13.2 Å². The number of benzene rings is 1. The molecule has 0 bridgehead atoms. The van der Waals surface area contributed by atoms with Crippen molar-refractivity contribution in [1.29, 1.82) is 0 Å². The maximum Gasteiger partial charge on any atom is 0.339 e. The molecule has 1 aromatic rings. The van der Waals surface area contributed by atoms with Crippen LogP contribution in [0.4, 0.5) is 0 Å². The molecule has 1 aliphatic rings. The van der Waals surface area contributed by atoms with E-state index in [1.54, 1.807) is 18.2 Å². The molecule has 1 fully saturated rings. The largest absolute Gasteiger partial charge is 0.478 e. The molecule has 2 rings (SSSR count). The van der Waals surface area contributed by atoms with Gasteiger partial charge < -0.3 is 9.84 Å². The number of carboxylic acid groups (broad SMARTS) is 1. The summed E-state index contributed by atoms with van der Waals surface area (Å²) in [6.07, 6.45) is 0.597. The number of carboxylic acids is 1. The monoisotopic (exact) mass is 313 g/mol. The van der Waals surface area contributed by atoms with Crippen molar-refractivity contribution in [3.05, 3.63) is 29.8 Å². The van der Waals surface area contributed by atoms with Gasteiger partial charge in [-0.25, -0.2) is 13.2 Å². The van der Waals surface area contributed by atoms with Gasteiger partial charge in [-0.05, 0) is 25.1 Å². The third-order valence-corrected chi connectivity index (χ3v) is 5.38. The summed E-state index contributed by atoms with van der Waals surface area (Å²) in [4.78, 5) is 13.0. The Balaban J connectivity index is 2.03. The van der Waals surface area contributed by atoms with Crippen molar-refractivity contribution in [3.8, 4) is 5.75 Å². The van der Waals surface area contributed by atoms with Crippen LogP contribution in [-0.4, -0.2) is 55.2 Å². The normalized spacial score (nSPS) is 20.6. The minimum atomic E-state index is -2.95. The summed E-state index contributed by atoms with van der Waals surface area (Å²) in [5.74, 6) is -0.397. The summed E-state index contributed by atoms with van der Waals surface area (Å²) >= 11 is 0. The fourth-order valence-electron chi connectivity index (χ4n) is 2.44. The molecule has 0 aliphatic carbocycles. The standard InChI is InChI=1S/C14H19NO5S/c1-2-15(11-7-8-21(18,19)9-11)10-20-13-6-4-3-5-12(13)14(16)17/h3-6,11H,2,7-10H2,1H3,(H,16,17). The number of aromatic carboxylic acids is 1. The molecule has 6 nitrogen and oxygen atoms in total. The number of para-hydroxylation sites is 1. The van der Waals surface area contributed by atoms with E-state index >= 15 is 0 Å². The van der Waals surface area contributed by atoms with Crippen LogP contribution in [0, 0.1) is 0 Å². The summed E-state index contributed by atoms with van der Waals surface area (Å²) < 4.78 is 28.6. The highest BCUT2D eigenvalue weighted by atomic mass is 32.2. The Labute approximate surface area is 124 Å². The van der Waals surface area contributed by atoms with Gasteiger partial charge in [-0.3, -0.25) is 4.90 Å². The lowest BCUT2D eigenvalue weighted by Gasteiger charge is -2.26. The van der Waals surface area contributed by atoms with Gasteiger partial charge in [-0.2, -0.15) is 0 Å². The molecule has 116 valence electrons. The predicted molar refractivity (Wildman–Crippen MR) is 78.3 cm³/mol. The Morgan fingerprint density at radius 1 is 1.43 bits per heavy atom. The average molecular weight is 313 g/mol. The van der Waals surface area contributed by atoms with Crippen LogP contribution in [0.1, 0.15) is 23.7 Å². The van der Waals surface area contributed by atoms with E-state index in [1.807, 2.05) is 11.8 Å². The number of rotatable bonds is 6. The fourth-order valence-corrected chi connectivity index (χ4v) is 4.20. The Kier molecular flexibility index (Phi) is 4.84. The summed E-state index contributed by atoms with van der Waals surface area (Å²) in [6.45, 7) is 2.76. The van der Waals surface area contributed by atoms with Gasteiger partial charge in [0.2, 0.25) is 0 Å². The number of nitrogens with zero attached hydrogens (tertiary/aromatic N) is 1. The minimum Gasteiger partial charge on any atom is -0.478 e. The highest BCUT2D eigenvalue weighted by Crippen LogP contribution is 2.21. The van der Waals surface area contributed by atoms with E-state index in [1.165, 1.54) is 6.07 Å². The van der Waals surface area contributed by atoms with Crippen molar-refractivity contribution in [2.75, 3.05) is 24.8 Å². The van der Waals surface area contributed by atoms with Gasteiger partial charge in [-0.15, -0.1) is 0 Å². The molecule has 1 unspecified atom stereocenters. The van der Waals surface area contributed by atoms with E-state index in [4.69, 9.17) is 9.84 Å². The van der Waals surface area contributed by atoms with Crippen LogP contribution in [0.3, 0.4) is 0 Å². The molecule has 1 heterocycles. The molecular formula is C14H19NO5S. The Hall–Kier alpha value is -1.60. The fraction of sp³-hybridized carbons (Fsp3) is 0.500. The quantitative estimate of drug-likeness (QED) is 0.795. The first-order valence-electron chi connectivity index (χ1n) is 6.82. The second kappa shape index (κ2) is 6.44. The Morgan fingerprint density at radius 2 is 2.14 bits per heavy atom. The molecule has 7 heteroatoms. The van der Waals surface area contributed by atoms with E-state index in [0.717, 1.165) is 0 Å². The van der Waals surface area contributed by atoms with Crippen LogP contribution in [0.5, 0.6) is 5.75 Å². The summed E-state index contributed by atoms with van der Waals surface area (Å²) in [7, 11) is -2.95. The van der Waals surface area contributed by atoms with Crippen molar-refractivity contribution in [2.45, 2.75) is 19.4 Å². The van der Waals surface area contributed by atoms with E-state index in [0.29, 0.717) is 18.7 Å². The van der Waals surface area contributed by atoms with Crippen LogP contribution in [0.15, 0.2) is 24.3 Å². The lowest BCUT2D eigenvalue weighted by molar-refractivity contribution is 0.0677. The molecule has 1 atom stereocenters. The second-order valence-electron chi connectivity index (χ2n) is 5.04. The molecular weight excluding hydrogens is 294 g/mol. The van der Waals surface area contributed by atoms with Crippen molar-refractivity contribution in [3.63, 3.8) is 0 Å². The van der Waals surface area contributed by atoms with Gasteiger partial charge in [0, 0.05) is 6.04 Å². The van der Waals surface area contributed by atoms with Crippen LogP contribution in [0.25, 0.3) is 0 Å². The van der Waals surface area contributed by atoms with Crippen molar-refractivity contribution < 1.29 is 23.1 Å². The predicted octanol–water partition coefficient (Wildman–Crippen LogP) is 1.23. The molecule has 0 amide bonds. The van der Waals surface area contributed by atoms with Gasteiger partial charge in [0.15, 0.2) is 9.84 Å². The summed E-state index contributed by atoms with van der Waals surface area (Å²) in [5, 5.41) is 9.10. The van der Waals surface area contributed by atoms with Crippen LogP contribution in [0.2, 0.25) is 0 Å². The number of hydrogen-bond donors (Lipinski definition) is 1. The van der Waals surface area contributed by atoms with E-state index in [2.05, 4.69) is 0 Å². The van der Waals surface area contributed by atoms with Crippen molar-refractivity contribution in [1.82, 2.24) is 4.90 Å². The SMILES string of the molecule is CCN(COc1ccccc1C(=O)O)C1CCS(=O)(=O)C1. The first kappa shape index (κ1) is 15.8. The zero-order chi connectivity index (χ0) is 15.5. The van der Waals surface area contributed by atoms with Crippen LogP contribution in [-0.2, 0) is 9.84 Å². The lowest BCUT2D eigenvalue weighted by atomic mass is 10.2. The third kappa shape index (κ3) is 3.95. The van der Waals surface area contributed by atoms with Crippen LogP contribution < -0.4 is 4.74 Å². The molecule has 0 radical (unpaired) electrons. The zero-order valence-electron chi connectivity index (χ0n) is 11.9. The van der Waals surface area contributed by atoms with Gasteiger partial charge in [0.25, 0.3) is 0 Å². The van der Waals surface area contributed by atoms with Gasteiger partial charge >= 0.3 is 5.97 Å². The summed E-state index contributed by atoms with van der Waals surface area (Å²) in [6, 6.07) is 6.36. The topological polar surface area (TPSA) is 83.9 Å². The molecule has 1 N–H and O–H groups in total. The first-order chi connectivity index (χ1) is 9.93. The Morgan fingerprint density at radius 3 is 2.71 bits per heavy atom. The van der Waals surface area contributed by atoms with Gasteiger partial charge in [-0.1, -0.05) is 19.1 Å². The maximum atomic E-state index is 11.5. The Bertz CT molecular complexity index is 614. The zero-order valence-corrected chi connectivity index (χ0v) is 12.7. The molecule has 21 heavy (non-hydrogen) atoms.